The Morgan fingerprint density at radius 3 is 2.20 bits per heavy atom. The second kappa shape index (κ2) is 6.57. The number of hydrogen-bond acceptors (Lipinski definition) is 2. The summed E-state index contributed by atoms with van der Waals surface area (Å²) >= 11 is 0. The molecule has 0 aliphatic heterocycles. The minimum Gasteiger partial charge on any atom is -0.386 e. The standard InChI is InChI=1S/C7H10O.C6H12O/c1-7(8)5-3-2-4-6-7;1-5(2)4-6(3)7/h2-5,8H,6H2,1H3;5H,4H2,1-3H3. The number of allylic oxidation sites excluding steroid dienone is 2. The Hall–Kier alpha value is -0.890. The van der Waals surface area contributed by atoms with Crippen molar-refractivity contribution in [3.05, 3.63) is 24.3 Å². The minimum absolute atomic E-state index is 0.287. The lowest BCUT2D eigenvalue weighted by Gasteiger charge is -2.17. The Labute approximate surface area is 92.7 Å². The molecule has 0 aromatic carbocycles. The van der Waals surface area contributed by atoms with Gasteiger partial charge in [-0.15, -0.1) is 0 Å². The van der Waals surface area contributed by atoms with Gasteiger partial charge < -0.3 is 9.90 Å². The van der Waals surface area contributed by atoms with E-state index in [9.17, 15) is 9.90 Å². The van der Waals surface area contributed by atoms with E-state index in [2.05, 4.69) is 0 Å². The summed E-state index contributed by atoms with van der Waals surface area (Å²) in [5.41, 5.74) is -0.589. The maximum atomic E-state index is 10.3. The van der Waals surface area contributed by atoms with Crippen molar-refractivity contribution in [2.45, 2.75) is 46.1 Å². The summed E-state index contributed by atoms with van der Waals surface area (Å²) in [5.74, 6) is 0.813. The molecule has 1 N–H and O–H groups in total. The molecule has 1 aliphatic rings. The van der Waals surface area contributed by atoms with Gasteiger partial charge in [0.2, 0.25) is 0 Å². The molecule has 1 aliphatic carbocycles. The predicted octanol–water partition coefficient (Wildman–Crippen LogP) is 2.88. The van der Waals surface area contributed by atoms with Crippen molar-refractivity contribution in [3.63, 3.8) is 0 Å². The number of ketones is 1. The van der Waals surface area contributed by atoms with Crippen LogP contribution in [0.2, 0.25) is 0 Å². The summed E-state index contributed by atoms with van der Waals surface area (Å²) in [4.78, 5) is 10.3. The molecule has 0 fully saturated rings. The molecule has 0 saturated heterocycles. The maximum Gasteiger partial charge on any atom is 0.130 e. The SMILES string of the molecule is CC(=O)CC(C)C.CC1(O)C=CC=CC1. The number of carbonyl (C=O) groups excluding carboxylic acids is 1. The Morgan fingerprint density at radius 2 is 2.07 bits per heavy atom. The van der Waals surface area contributed by atoms with Crippen molar-refractivity contribution in [2.75, 3.05) is 0 Å². The van der Waals surface area contributed by atoms with Gasteiger partial charge in [-0.3, -0.25) is 0 Å². The highest BCUT2D eigenvalue weighted by atomic mass is 16.3. The van der Waals surface area contributed by atoms with E-state index < -0.39 is 5.60 Å². The van der Waals surface area contributed by atoms with Crippen LogP contribution in [0.4, 0.5) is 0 Å². The highest BCUT2D eigenvalue weighted by Crippen LogP contribution is 2.14. The van der Waals surface area contributed by atoms with Crippen LogP contribution in [0.1, 0.15) is 40.5 Å². The largest absolute Gasteiger partial charge is 0.386 e. The molecule has 0 saturated carbocycles. The summed E-state index contributed by atoms with van der Waals surface area (Å²) in [6.07, 6.45) is 9.03. The molecule has 1 unspecified atom stereocenters. The highest BCUT2D eigenvalue weighted by Gasteiger charge is 2.14. The van der Waals surface area contributed by atoms with Crippen LogP contribution >= 0.6 is 0 Å². The van der Waals surface area contributed by atoms with Gasteiger partial charge in [-0.25, -0.2) is 0 Å². The second-order valence-electron chi connectivity index (χ2n) is 4.65. The molecule has 1 rings (SSSR count). The lowest BCUT2D eigenvalue weighted by Crippen LogP contribution is -2.20. The average Bonchev–Trinajstić information content (AvgIpc) is 2.01. The Morgan fingerprint density at radius 1 is 1.47 bits per heavy atom. The Kier molecular flexibility index (Phi) is 6.18. The van der Waals surface area contributed by atoms with E-state index in [0.29, 0.717) is 5.92 Å². The predicted molar refractivity (Wildman–Crippen MR) is 63.7 cm³/mol. The Balaban J connectivity index is 0.000000265. The molecule has 1 atom stereocenters. The summed E-state index contributed by atoms with van der Waals surface area (Å²) < 4.78 is 0. The number of rotatable bonds is 2. The first kappa shape index (κ1) is 14.1. The molecular weight excluding hydrogens is 188 g/mol. The van der Waals surface area contributed by atoms with E-state index in [0.717, 1.165) is 12.8 Å². The van der Waals surface area contributed by atoms with Gasteiger partial charge in [-0.2, -0.15) is 0 Å². The fourth-order valence-electron chi connectivity index (χ4n) is 1.29. The fourth-order valence-corrected chi connectivity index (χ4v) is 1.29. The molecule has 2 nitrogen and oxygen atoms in total. The molecule has 0 amide bonds. The molecule has 0 radical (unpaired) electrons. The molecular formula is C13H22O2. The molecule has 86 valence electrons. The third-order valence-corrected chi connectivity index (χ3v) is 1.93. The van der Waals surface area contributed by atoms with Crippen LogP contribution in [0.3, 0.4) is 0 Å². The first-order valence-electron chi connectivity index (χ1n) is 5.39. The molecule has 0 bridgehead atoms. The van der Waals surface area contributed by atoms with Gasteiger partial charge in [-0.1, -0.05) is 38.2 Å². The quantitative estimate of drug-likeness (QED) is 0.761. The zero-order valence-corrected chi connectivity index (χ0v) is 10.2. The third-order valence-electron chi connectivity index (χ3n) is 1.93. The lowest BCUT2D eigenvalue weighted by molar-refractivity contribution is -0.117. The van der Waals surface area contributed by atoms with Crippen molar-refractivity contribution < 1.29 is 9.90 Å². The lowest BCUT2D eigenvalue weighted by atomic mass is 9.98. The molecule has 0 aromatic heterocycles. The summed E-state index contributed by atoms with van der Waals surface area (Å²) in [5, 5.41) is 9.24. The van der Waals surface area contributed by atoms with Gasteiger partial charge in [0, 0.05) is 6.42 Å². The van der Waals surface area contributed by atoms with E-state index >= 15 is 0 Å². The first-order chi connectivity index (χ1) is 6.83. The molecule has 0 heterocycles. The molecule has 0 aromatic rings. The second-order valence-corrected chi connectivity index (χ2v) is 4.65. The van der Waals surface area contributed by atoms with E-state index in [1.54, 1.807) is 19.9 Å². The van der Waals surface area contributed by atoms with Crippen molar-refractivity contribution in [1.82, 2.24) is 0 Å². The topological polar surface area (TPSA) is 37.3 Å². The van der Waals surface area contributed by atoms with E-state index in [1.165, 1.54) is 0 Å². The molecule has 2 heteroatoms. The van der Waals surface area contributed by atoms with Gasteiger partial charge in [0.15, 0.2) is 0 Å². The van der Waals surface area contributed by atoms with Crippen molar-refractivity contribution >= 4 is 5.78 Å². The van der Waals surface area contributed by atoms with Gasteiger partial charge in [0.05, 0.1) is 5.60 Å². The van der Waals surface area contributed by atoms with Gasteiger partial charge in [0.1, 0.15) is 5.78 Å². The van der Waals surface area contributed by atoms with Crippen LogP contribution in [0, 0.1) is 5.92 Å². The molecule has 0 spiro atoms. The van der Waals surface area contributed by atoms with Crippen LogP contribution in [-0.4, -0.2) is 16.5 Å². The van der Waals surface area contributed by atoms with Crippen molar-refractivity contribution in [1.29, 1.82) is 0 Å². The summed E-state index contributed by atoms with van der Waals surface area (Å²) in [7, 11) is 0. The van der Waals surface area contributed by atoms with Gasteiger partial charge in [-0.05, 0) is 26.2 Å². The van der Waals surface area contributed by atoms with Crippen LogP contribution in [-0.2, 0) is 4.79 Å². The first-order valence-corrected chi connectivity index (χ1v) is 5.39. The Bertz CT molecular complexity index is 247. The summed E-state index contributed by atoms with van der Waals surface area (Å²) in [6, 6.07) is 0. The monoisotopic (exact) mass is 210 g/mol. The van der Waals surface area contributed by atoms with Crippen molar-refractivity contribution in [2.24, 2.45) is 5.92 Å². The van der Waals surface area contributed by atoms with Crippen LogP contribution in [0.15, 0.2) is 24.3 Å². The smallest absolute Gasteiger partial charge is 0.130 e. The highest BCUT2D eigenvalue weighted by molar-refractivity contribution is 5.75. The van der Waals surface area contributed by atoms with Gasteiger partial charge in [0.25, 0.3) is 0 Å². The third kappa shape index (κ3) is 9.42. The number of hydrogen-bond donors (Lipinski definition) is 1. The van der Waals surface area contributed by atoms with Crippen LogP contribution < -0.4 is 0 Å². The van der Waals surface area contributed by atoms with E-state index in [4.69, 9.17) is 0 Å². The fraction of sp³-hybridized carbons (Fsp3) is 0.615. The van der Waals surface area contributed by atoms with E-state index in [-0.39, 0.29) is 5.78 Å². The average molecular weight is 210 g/mol. The normalized spacial score (nSPS) is 23.6. The van der Waals surface area contributed by atoms with E-state index in [1.807, 2.05) is 32.1 Å². The zero-order valence-electron chi connectivity index (χ0n) is 10.2. The minimum atomic E-state index is -0.589. The number of Topliss-reactive ketones (excluding diaryl/α,β-unsaturated/α-hetero) is 1. The van der Waals surface area contributed by atoms with Crippen LogP contribution in [0.25, 0.3) is 0 Å². The summed E-state index contributed by atoms with van der Waals surface area (Å²) in [6.45, 7) is 7.51. The molecule has 15 heavy (non-hydrogen) atoms. The van der Waals surface area contributed by atoms with Gasteiger partial charge >= 0.3 is 0 Å². The number of aliphatic hydroxyl groups is 1. The van der Waals surface area contributed by atoms with Crippen molar-refractivity contribution in [3.8, 4) is 0 Å². The van der Waals surface area contributed by atoms with Crippen LogP contribution in [0.5, 0.6) is 0 Å². The maximum absolute atomic E-state index is 10.3. The number of carbonyl (C=O) groups is 1. The zero-order chi connectivity index (χ0) is 11.9.